The number of halogens is 1. The van der Waals surface area contributed by atoms with Gasteiger partial charge in [0.05, 0.1) is 17.6 Å². The molecule has 9 heteroatoms. The molecule has 1 unspecified atom stereocenters. The van der Waals surface area contributed by atoms with E-state index in [1.807, 2.05) is 30.1 Å². The Morgan fingerprint density at radius 3 is 2.63 bits per heavy atom. The lowest BCUT2D eigenvalue weighted by molar-refractivity contribution is -0.138. The molecule has 3 aliphatic heterocycles. The molecule has 1 N–H and O–H groups in total. The van der Waals surface area contributed by atoms with Crippen LogP contribution in [0.5, 0.6) is 0 Å². The van der Waals surface area contributed by atoms with Crippen LogP contribution in [0.1, 0.15) is 44.6 Å². The highest BCUT2D eigenvalue weighted by Gasteiger charge is 2.38. The van der Waals surface area contributed by atoms with Gasteiger partial charge in [0.1, 0.15) is 11.3 Å². The van der Waals surface area contributed by atoms with Gasteiger partial charge in [-0.1, -0.05) is 6.92 Å². The van der Waals surface area contributed by atoms with E-state index in [9.17, 15) is 9.18 Å². The van der Waals surface area contributed by atoms with Crippen molar-refractivity contribution in [2.45, 2.75) is 57.1 Å². The van der Waals surface area contributed by atoms with Gasteiger partial charge in [0, 0.05) is 37.8 Å². The summed E-state index contributed by atoms with van der Waals surface area (Å²) in [5.41, 5.74) is 3.26. The minimum atomic E-state index is -0.207. The first kappa shape index (κ1) is 24.3. The van der Waals surface area contributed by atoms with Crippen LogP contribution in [0.2, 0.25) is 0 Å². The number of piperidine rings is 2. The number of carbonyl (C=O) groups is 1. The maximum atomic E-state index is 13.8. The summed E-state index contributed by atoms with van der Waals surface area (Å²) in [6, 6.07) is 7.41. The molecule has 2 aromatic rings. The molecule has 1 atom stereocenters. The van der Waals surface area contributed by atoms with Crippen molar-refractivity contribution < 1.29 is 9.18 Å². The Hall–Kier alpha value is -2.39. The van der Waals surface area contributed by atoms with Crippen LogP contribution in [-0.4, -0.2) is 69.4 Å². The van der Waals surface area contributed by atoms with Gasteiger partial charge in [-0.05, 0) is 80.8 Å². The molecule has 188 valence electrons. The Morgan fingerprint density at radius 2 is 1.91 bits per heavy atom. The van der Waals surface area contributed by atoms with E-state index in [0.29, 0.717) is 11.9 Å². The monoisotopic (exact) mass is 498 g/mol. The molecule has 0 spiro atoms. The van der Waals surface area contributed by atoms with Crippen molar-refractivity contribution in [1.29, 1.82) is 0 Å². The van der Waals surface area contributed by atoms with Gasteiger partial charge in [0.25, 0.3) is 0 Å². The second kappa shape index (κ2) is 11.1. The van der Waals surface area contributed by atoms with Gasteiger partial charge in [-0.15, -0.1) is 11.8 Å². The predicted octanol–water partition coefficient (Wildman–Crippen LogP) is 4.18. The SMILES string of the molecule is CCCSC1Nc2cc(F)ccc2N1C1CCN(C(=O)C2CCN(Cc3ccnnc3)CC2)CC1. The van der Waals surface area contributed by atoms with Crippen LogP contribution in [0.15, 0.2) is 36.7 Å². The summed E-state index contributed by atoms with van der Waals surface area (Å²) < 4.78 is 13.8. The zero-order chi connectivity index (χ0) is 24.2. The Morgan fingerprint density at radius 1 is 1.11 bits per heavy atom. The van der Waals surface area contributed by atoms with E-state index in [0.717, 1.165) is 82.0 Å². The lowest BCUT2D eigenvalue weighted by Gasteiger charge is -2.41. The normalized spacial score (nSPS) is 21.7. The van der Waals surface area contributed by atoms with Crippen LogP contribution in [0.3, 0.4) is 0 Å². The lowest BCUT2D eigenvalue weighted by atomic mass is 9.93. The third-order valence-corrected chi connectivity index (χ3v) is 8.71. The summed E-state index contributed by atoms with van der Waals surface area (Å²) in [5, 5.41) is 11.3. The van der Waals surface area contributed by atoms with Gasteiger partial charge in [-0.25, -0.2) is 4.39 Å². The summed E-state index contributed by atoms with van der Waals surface area (Å²) in [5.74, 6) is 1.30. The van der Waals surface area contributed by atoms with Crippen LogP contribution in [-0.2, 0) is 11.3 Å². The Labute approximate surface area is 211 Å². The fraction of sp³-hybridized carbons (Fsp3) is 0.577. The molecular weight excluding hydrogens is 463 g/mol. The van der Waals surface area contributed by atoms with Crippen molar-refractivity contribution in [3.8, 4) is 0 Å². The van der Waals surface area contributed by atoms with Gasteiger partial charge in [0.15, 0.2) is 0 Å². The van der Waals surface area contributed by atoms with E-state index in [2.05, 4.69) is 37.1 Å². The van der Waals surface area contributed by atoms with E-state index in [4.69, 9.17) is 0 Å². The second-order valence-corrected chi connectivity index (χ2v) is 11.0. The predicted molar refractivity (Wildman–Crippen MR) is 139 cm³/mol. The number of aromatic nitrogens is 2. The number of rotatable bonds is 7. The fourth-order valence-electron chi connectivity index (χ4n) is 5.55. The van der Waals surface area contributed by atoms with Gasteiger partial charge in [-0.2, -0.15) is 10.2 Å². The van der Waals surface area contributed by atoms with E-state index in [-0.39, 0.29) is 17.2 Å². The Bertz CT molecular complexity index is 995. The van der Waals surface area contributed by atoms with Crippen LogP contribution in [0.25, 0.3) is 0 Å². The maximum Gasteiger partial charge on any atom is 0.225 e. The highest BCUT2D eigenvalue weighted by atomic mass is 32.2. The number of nitrogens with zero attached hydrogens (tertiary/aromatic N) is 5. The van der Waals surface area contributed by atoms with Crippen molar-refractivity contribution in [2.75, 3.05) is 42.1 Å². The topological polar surface area (TPSA) is 64.6 Å². The molecule has 0 aliphatic carbocycles. The Kier molecular flexibility index (Phi) is 7.72. The number of thioether (sulfide) groups is 1. The van der Waals surface area contributed by atoms with Crippen molar-refractivity contribution in [2.24, 2.45) is 5.92 Å². The highest BCUT2D eigenvalue weighted by molar-refractivity contribution is 8.00. The quantitative estimate of drug-likeness (QED) is 0.614. The minimum Gasteiger partial charge on any atom is -0.355 e. The number of fused-ring (bicyclic) bond motifs is 1. The molecule has 0 radical (unpaired) electrons. The molecule has 0 saturated carbocycles. The third kappa shape index (κ3) is 5.56. The van der Waals surface area contributed by atoms with Crippen molar-refractivity contribution in [1.82, 2.24) is 20.0 Å². The number of nitrogens with one attached hydrogen (secondary N) is 1. The number of hydrogen-bond donors (Lipinski definition) is 1. The molecule has 1 amide bonds. The summed E-state index contributed by atoms with van der Waals surface area (Å²) >= 11 is 1.88. The first-order chi connectivity index (χ1) is 17.1. The maximum absolute atomic E-state index is 13.8. The van der Waals surface area contributed by atoms with Gasteiger partial charge in [0.2, 0.25) is 5.91 Å². The van der Waals surface area contributed by atoms with E-state index >= 15 is 0 Å². The average molecular weight is 499 g/mol. The zero-order valence-corrected chi connectivity index (χ0v) is 21.2. The average Bonchev–Trinajstić information content (AvgIpc) is 3.25. The molecule has 7 nitrogen and oxygen atoms in total. The summed E-state index contributed by atoms with van der Waals surface area (Å²) in [6.45, 7) is 6.53. The van der Waals surface area contributed by atoms with Gasteiger partial charge < -0.3 is 15.1 Å². The first-order valence-corrected chi connectivity index (χ1v) is 13.9. The first-order valence-electron chi connectivity index (χ1n) is 12.8. The highest BCUT2D eigenvalue weighted by Crippen LogP contribution is 2.42. The molecule has 2 fully saturated rings. The van der Waals surface area contributed by atoms with Crippen molar-refractivity contribution in [3.05, 3.63) is 48.0 Å². The standard InChI is InChI=1S/C26H35FN6OS/c1-2-15-35-26-30-23-16-21(27)3-4-24(23)33(26)22-8-13-32(14-9-22)25(34)20-6-11-31(12-7-20)18-19-5-10-28-29-17-19/h3-5,10,16-17,20,22,26,30H,2,6-9,11-15,18H2,1H3. The molecule has 35 heavy (non-hydrogen) atoms. The summed E-state index contributed by atoms with van der Waals surface area (Å²) in [4.78, 5) is 20.2. The molecule has 4 heterocycles. The molecule has 0 bridgehead atoms. The number of benzene rings is 1. The van der Waals surface area contributed by atoms with Crippen LogP contribution < -0.4 is 10.2 Å². The van der Waals surface area contributed by atoms with Crippen LogP contribution in [0, 0.1) is 11.7 Å². The second-order valence-electron chi connectivity index (χ2n) is 9.79. The van der Waals surface area contributed by atoms with Crippen molar-refractivity contribution >= 4 is 29.0 Å². The molecular formula is C26H35FN6OS. The van der Waals surface area contributed by atoms with E-state index in [1.54, 1.807) is 18.3 Å². The number of carbonyl (C=O) groups excluding carboxylic acids is 1. The molecule has 3 aliphatic rings. The largest absolute Gasteiger partial charge is 0.355 e. The molecule has 1 aromatic heterocycles. The van der Waals surface area contributed by atoms with Gasteiger partial charge >= 0.3 is 0 Å². The van der Waals surface area contributed by atoms with E-state index in [1.165, 1.54) is 5.56 Å². The Balaban J connectivity index is 1.15. The zero-order valence-electron chi connectivity index (χ0n) is 20.4. The molecule has 1 aromatic carbocycles. The van der Waals surface area contributed by atoms with E-state index < -0.39 is 0 Å². The number of hydrogen-bond acceptors (Lipinski definition) is 7. The minimum absolute atomic E-state index is 0.124. The lowest BCUT2D eigenvalue weighted by Crippen LogP contribution is -2.51. The third-order valence-electron chi connectivity index (χ3n) is 7.41. The summed E-state index contributed by atoms with van der Waals surface area (Å²) in [7, 11) is 0. The summed E-state index contributed by atoms with van der Waals surface area (Å²) in [6.07, 6.45) is 8.38. The molecule has 5 rings (SSSR count). The smallest absolute Gasteiger partial charge is 0.225 e. The van der Waals surface area contributed by atoms with Crippen LogP contribution in [0.4, 0.5) is 15.8 Å². The molecule has 2 saturated heterocycles. The number of likely N-dealkylation sites (tertiary alicyclic amines) is 2. The fourth-order valence-corrected chi connectivity index (χ4v) is 6.66. The van der Waals surface area contributed by atoms with Crippen molar-refractivity contribution in [3.63, 3.8) is 0 Å². The number of anilines is 2. The number of amides is 1. The van der Waals surface area contributed by atoms with Crippen LogP contribution >= 0.6 is 11.8 Å². The van der Waals surface area contributed by atoms with Gasteiger partial charge in [-0.3, -0.25) is 9.69 Å².